The van der Waals surface area contributed by atoms with Crippen LogP contribution in [0.15, 0.2) is 48.5 Å². The van der Waals surface area contributed by atoms with Crippen LogP contribution in [-0.4, -0.2) is 24.6 Å². The van der Waals surface area contributed by atoms with Gasteiger partial charge < -0.3 is 14.2 Å². The number of ketones is 1. The average molecular weight is 338 g/mol. The van der Waals surface area contributed by atoms with Gasteiger partial charge in [0, 0.05) is 11.6 Å². The zero-order chi connectivity index (χ0) is 17.8. The molecule has 1 atom stereocenters. The predicted octanol–water partition coefficient (Wildman–Crippen LogP) is 3.55. The third kappa shape index (κ3) is 4.07. The van der Waals surface area contributed by atoms with Crippen LogP contribution in [0.25, 0.3) is 6.08 Å². The molecule has 0 bridgehead atoms. The molecule has 0 spiro atoms. The molecule has 0 aromatic heterocycles. The average Bonchev–Trinajstić information content (AvgIpc) is 3.07. The third-order valence-electron chi connectivity index (χ3n) is 3.81. The fourth-order valence-corrected chi connectivity index (χ4v) is 2.40. The van der Waals surface area contributed by atoms with E-state index in [2.05, 4.69) is 0 Å². The van der Waals surface area contributed by atoms with Crippen molar-refractivity contribution in [2.24, 2.45) is 0 Å². The van der Waals surface area contributed by atoms with Crippen LogP contribution in [-0.2, 0) is 9.53 Å². The summed E-state index contributed by atoms with van der Waals surface area (Å²) in [5, 5.41) is 0. The van der Waals surface area contributed by atoms with Crippen molar-refractivity contribution in [2.75, 3.05) is 6.79 Å². The lowest BCUT2D eigenvalue weighted by Crippen LogP contribution is -2.23. The summed E-state index contributed by atoms with van der Waals surface area (Å²) in [6, 6.07) is 12.5. The number of ether oxygens (including phenoxy) is 3. The van der Waals surface area contributed by atoms with Gasteiger partial charge in [-0.1, -0.05) is 35.9 Å². The topological polar surface area (TPSA) is 61.8 Å². The summed E-state index contributed by atoms with van der Waals surface area (Å²) in [7, 11) is 0. The molecular formula is C20H18O5. The van der Waals surface area contributed by atoms with E-state index in [0.717, 1.165) is 11.1 Å². The van der Waals surface area contributed by atoms with E-state index in [1.807, 2.05) is 19.1 Å². The Morgan fingerprint density at radius 2 is 1.80 bits per heavy atom. The molecule has 1 aliphatic heterocycles. The van der Waals surface area contributed by atoms with Crippen LogP contribution in [0.3, 0.4) is 0 Å². The van der Waals surface area contributed by atoms with E-state index in [0.29, 0.717) is 17.1 Å². The monoisotopic (exact) mass is 338 g/mol. The molecule has 5 nitrogen and oxygen atoms in total. The van der Waals surface area contributed by atoms with Gasteiger partial charge >= 0.3 is 5.97 Å². The first kappa shape index (κ1) is 16.8. The SMILES string of the molecule is Cc1ccc(C(=O)[C@H](C)OC(=O)/C=C/c2ccc3c(c2)OCO3)cc1. The second kappa shape index (κ2) is 7.21. The molecule has 0 radical (unpaired) electrons. The van der Waals surface area contributed by atoms with Crippen molar-refractivity contribution in [3.05, 3.63) is 65.2 Å². The van der Waals surface area contributed by atoms with Crippen LogP contribution >= 0.6 is 0 Å². The van der Waals surface area contributed by atoms with E-state index in [1.165, 1.54) is 6.08 Å². The molecule has 5 heteroatoms. The molecule has 0 unspecified atom stereocenters. The van der Waals surface area contributed by atoms with Gasteiger partial charge in [-0.05, 0) is 37.6 Å². The first-order chi connectivity index (χ1) is 12.0. The minimum absolute atomic E-state index is 0.198. The highest BCUT2D eigenvalue weighted by Crippen LogP contribution is 2.32. The van der Waals surface area contributed by atoms with Crippen molar-refractivity contribution in [2.45, 2.75) is 20.0 Å². The van der Waals surface area contributed by atoms with E-state index < -0.39 is 12.1 Å². The highest BCUT2D eigenvalue weighted by atomic mass is 16.7. The summed E-state index contributed by atoms with van der Waals surface area (Å²) in [6.07, 6.45) is 2.04. The number of carbonyl (C=O) groups excluding carboxylic acids is 2. The van der Waals surface area contributed by atoms with E-state index >= 15 is 0 Å². The van der Waals surface area contributed by atoms with E-state index in [9.17, 15) is 9.59 Å². The Labute approximate surface area is 145 Å². The highest BCUT2D eigenvalue weighted by molar-refractivity contribution is 6.01. The van der Waals surface area contributed by atoms with Crippen LogP contribution in [0.2, 0.25) is 0 Å². The molecule has 0 fully saturated rings. The van der Waals surface area contributed by atoms with Crippen LogP contribution in [0.1, 0.15) is 28.4 Å². The number of aryl methyl sites for hydroxylation is 1. The zero-order valence-electron chi connectivity index (χ0n) is 14.0. The minimum Gasteiger partial charge on any atom is -0.454 e. The fourth-order valence-electron chi connectivity index (χ4n) is 2.40. The van der Waals surface area contributed by atoms with Crippen LogP contribution in [0.5, 0.6) is 11.5 Å². The van der Waals surface area contributed by atoms with Gasteiger partial charge in [0.15, 0.2) is 17.6 Å². The first-order valence-corrected chi connectivity index (χ1v) is 7.92. The van der Waals surface area contributed by atoms with Gasteiger partial charge in [0.05, 0.1) is 0 Å². The number of rotatable bonds is 5. The number of hydrogen-bond acceptors (Lipinski definition) is 5. The summed E-state index contributed by atoms with van der Waals surface area (Å²) in [5.74, 6) is 0.505. The normalized spacial score (nSPS) is 13.7. The molecule has 0 aliphatic carbocycles. The summed E-state index contributed by atoms with van der Waals surface area (Å²) in [4.78, 5) is 24.2. The van der Waals surface area contributed by atoms with Crippen molar-refractivity contribution in [3.63, 3.8) is 0 Å². The molecule has 128 valence electrons. The molecule has 25 heavy (non-hydrogen) atoms. The maximum atomic E-state index is 12.3. The summed E-state index contributed by atoms with van der Waals surface area (Å²) < 4.78 is 15.7. The van der Waals surface area contributed by atoms with Crippen molar-refractivity contribution >= 4 is 17.8 Å². The molecule has 2 aromatic rings. The molecule has 1 heterocycles. The van der Waals surface area contributed by atoms with Gasteiger partial charge in [0.25, 0.3) is 0 Å². The Kier molecular flexibility index (Phi) is 4.84. The fraction of sp³-hybridized carbons (Fsp3) is 0.200. The maximum absolute atomic E-state index is 12.3. The van der Waals surface area contributed by atoms with Crippen LogP contribution in [0.4, 0.5) is 0 Å². The molecule has 0 saturated heterocycles. The van der Waals surface area contributed by atoms with Gasteiger partial charge in [0.2, 0.25) is 12.6 Å². The Morgan fingerprint density at radius 3 is 2.56 bits per heavy atom. The lowest BCUT2D eigenvalue weighted by molar-refractivity contribution is -0.140. The van der Waals surface area contributed by atoms with E-state index in [4.69, 9.17) is 14.2 Å². The third-order valence-corrected chi connectivity index (χ3v) is 3.81. The van der Waals surface area contributed by atoms with E-state index in [-0.39, 0.29) is 12.6 Å². The van der Waals surface area contributed by atoms with Crippen molar-refractivity contribution in [1.29, 1.82) is 0 Å². The summed E-state index contributed by atoms with van der Waals surface area (Å²) in [6.45, 7) is 3.70. The zero-order valence-corrected chi connectivity index (χ0v) is 14.0. The maximum Gasteiger partial charge on any atom is 0.331 e. The molecule has 0 amide bonds. The highest BCUT2D eigenvalue weighted by Gasteiger charge is 2.18. The number of esters is 1. The smallest absolute Gasteiger partial charge is 0.331 e. The molecule has 2 aromatic carbocycles. The lowest BCUT2D eigenvalue weighted by Gasteiger charge is -2.11. The van der Waals surface area contributed by atoms with Crippen molar-refractivity contribution in [3.8, 4) is 11.5 Å². The number of fused-ring (bicyclic) bond motifs is 1. The minimum atomic E-state index is -0.850. The second-order valence-electron chi connectivity index (χ2n) is 5.76. The van der Waals surface area contributed by atoms with Gasteiger partial charge in [-0.3, -0.25) is 4.79 Å². The second-order valence-corrected chi connectivity index (χ2v) is 5.76. The predicted molar refractivity (Wildman–Crippen MR) is 92.7 cm³/mol. The Bertz CT molecular complexity index is 820. The first-order valence-electron chi connectivity index (χ1n) is 7.92. The molecule has 0 saturated carbocycles. The quantitative estimate of drug-likeness (QED) is 0.474. The van der Waals surface area contributed by atoms with Crippen molar-refractivity contribution < 1.29 is 23.8 Å². The molecule has 0 N–H and O–H groups in total. The summed E-state index contributed by atoms with van der Waals surface area (Å²) in [5.41, 5.74) is 2.36. The number of benzene rings is 2. The largest absolute Gasteiger partial charge is 0.454 e. The lowest BCUT2D eigenvalue weighted by atomic mass is 10.1. The number of carbonyl (C=O) groups is 2. The Balaban J connectivity index is 1.59. The molecule has 3 rings (SSSR count). The van der Waals surface area contributed by atoms with Crippen LogP contribution < -0.4 is 9.47 Å². The van der Waals surface area contributed by atoms with Gasteiger partial charge in [-0.15, -0.1) is 0 Å². The number of Topliss-reactive ketones (excluding diaryl/α,β-unsaturated/α-hetero) is 1. The van der Waals surface area contributed by atoms with Crippen molar-refractivity contribution in [1.82, 2.24) is 0 Å². The Hall–Kier alpha value is -3.08. The standard InChI is InChI=1S/C20H18O5/c1-13-3-7-16(8-4-13)20(22)14(2)25-19(21)10-6-15-5-9-17-18(11-15)24-12-23-17/h3-11,14H,12H2,1-2H3/b10-6+/t14-/m0/s1. The van der Waals surface area contributed by atoms with Gasteiger partial charge in [-0.2, -0.15) is 0 Å². The summed E-state index contributed by atoms with van der Waals surface area (Å²) >= 11 is 0. The van der Waals surface area contributed by atoms with Crippen LogP contribution in [0, 0.1) is 6.92 Å². The van der Waals surface area contributed by atoms with E-state index in [1.54, 1.807) is 43.3 Å². The molecular weight excluding hydrogens is 320 g/mol. The van der Waals surface area contributed by atoms with Gasteiger partial charge in [0.1, 0.15) is 0 Å². The van der Waals surface area contributed by atoms with Gasteiger partial charge in [-0.25, -0.2) is 4.79 Å². The number of hydrogen-bond donors (Lipinski definition) is 0. The molecule has 1 aliphatic rings. The Morgan fingerprint density at radius 1 is 1.08 bits per heavy atom.